The van der Waals surface area contributed by atoms with Crippen LogP contribution in [-0.2, 0) is 19.7 Å². The number of nitrogens with zero attached hydrogens (tertiary/aromatic N) is 3. The van der Waals surface area contributed by atoms with Gasteiger partial charge in [-0.3, -0.25) is 4.79 Å². The summed E-state index contributed by atoms with van der Waals surface area (Å²) in [5, 5.41) is 4.06. The van der Waals surface area contributed by atoms with Gasteiger partial charge in [-0.25, -0.2) is 12.8 Å². The molecular formula is C20H19ClFN3O4S. The predicted octanol–water partition coefficient (Wildman–Crippen LogP) is 2.51. The van der Waals surface area contributed by atoms with Gasteiger partial charge in [0.1, 0.15) is 5.82 Å². The minimum atomic E-state index is -3.60. The fourth-order valence-electron chi connectivity index (χ4n) is 3.53. The molecule has 10 heteroatoms. The van der Waals surface area contributed by atoms with Crippen LogP contribution in [0.25, 0.3) is 0 Å². The minimum Gasteiger partial charge on any atom is -0.382 e. The van der Waals surface area contributed by atoms with Crippen LogP contribution in [0.4, 0.5) is 4.39 Å². The topological polar surface area (TPSA) is 79.3 Å². The molecule has 0 saturated carbocycles. The van der Waals surface area contributed by atoms with Crippen molar-refractivity contribution in [1.29, 1.82) is 0 Å². The van der Waals surface area contributed by atoms with Crippen LogP contribution in [0.2, 0.25) is 5.02 Å². The highest BCUT2D eigenvalue weighted by Crippen LogP contribution is 2.26. The molecule has 1 unspecified atom stereocenters. The zero-order valence-electron chi connectivity index (χ0n) is 15.9. The summed E-state index contributed by atoms with van der Waals surface area (Å²) in [4.78, 5) is 19.8. The molecule has 2 aliphatic rings. The van der Waals surface area contributed by atoms with Crippen molar-refractivity contribution in [2.45, 2.75) is 17.4 Å². The lowest BCUT2D eigenvalue weighted by molar-refractivity contribution is -0.143. The molecule has 2 aromatic carbocycles. The smallest absolute Gasteiger partial charge is 0.266 e. The fourth-order valence-corrected chi connectivity index (χ4v) is 5.24. The highest BCUT2D eigenvalue weighted by molar-refractivity contribution is 7.89. The van der Waals surface area contributed by atoms with Crippen LogP contribution in [0.15, 0.2) is 58.6 Å². The molecule has 4 rings (SSSR count). The number of hydrogen-bond donors (Lipinski definition) is 0. The summed E-state index contributed by atoms with van der Waals surface area (Å²) in [6, 6.07) is 12.5. The molecular weight excluding hydrogens is 433 g/mol. The Balaban J connectivity index is 1.38. The normalized spacial score (nSPS) is 20.0. The molecule has 2 heterocycles. The van der Waals surface area contributed by atoms with Gasteiger partial charge in [0.25, 0.3) is 5.91 Å². The van der Waals surface area contributed by atoms with Gasteiger partial charge in [0, 0.05) is 32.6 Å². The third-order valence-corrected chi connectivity index (χ3v) is 7.35. The number of carbonyl (C=O) groups excluding carboxylic acids is 1. The Bertz CT molecular complexity index is 1070. The van der Waals surface area contributed by atoms with Crippen LogP contribution in [0.1, 0.15) is 12.0 Å². The van der Waals surface area contributed by atoms with Crippen LogP contribution in [0.3, 0.4) is 0 Å². The highest BCUT2D eigenvalue weighted by atomic mass is 35.5. The molecule has 0 radical (unpaired) electrons. The van der Waals surface area contributed by atoms with Crippen molar-refractivity contribution < 1.29 is 22.4 Å². The molecule has 1 saturated heterocycles. The van der Waals surface area contributed by atoms with Crippen LogP contribution >= 0.6 is 11.6 Å². The first-order chi connectivity index (χ1) is 14.4. The third-order valence-electron chi connectivity index (χ3n) is 5.13. The fraction of sp³-hybridized carbons (Fsp3) is 0.300. The van der Waals surface area contributed by atoms with Crippen molar-refractivity contribution in [3.8, 4) is 0 Å². The average Bonchev–Trinajstić information content (AvgIpc) is 3.23. The van der Waals surface area contributed by atoms with Crippen molar-refractivity contribution in [1.82, 2.24) is 9.21 Å². The summed E-state index contributed by atoms with van der Waals surface area (Å²) in [6.07, 6.45) is -0.782. The summed E-state index contributed by atoms with van der Waals surface area (Å²) in [5.74, 6) is -0.837. The highest BCUT2D eigenvalue weighted by Gasteiger charge is 2.37. The second-order valence-electron chi connectivity index (χ2n) is 6.98. The second-order valence-corrected chi connectivity index (χ2v) is 9.32. The molecule has 158 valence electrons. The standard InChI is InChI=1S/C20H19ClFN3O4S/c21-15-7-4-8-16(22)19(15)17-13-18(29-23-17)20(26)24-9-11-25(12-10-24)30(27,28)14-5-2-1-3-6-14/h1-8,18H,9-13H2. The van der Waals surface area contributed by atoms with Crippen molar-refractivity contribution >= 4 is 33.2 Å². The van der Waals surface area contributed by atoms with Gasteiger partial charge in [-0.1, -0.05) is 41.0 Å². The van der Waals surface area contributed by atoms with E-state index in [4.69, 9.17) is 16.4 Å². The van der Waals surface area contributed by atoms with Gasteiger partial charge in [-0.05, 0) is 24.3 Å². The van der Waals surface area contributed by atoms with Gasteiger partial charge in [0.05, 0.1) is 21.2 Å². The number of benzene rings is 2. The lowest BCUT2D eigenvalue weighted by atomic mass is 10.0. The molecule has 1 fully saturated rings. The summed E-state index contributed by atoms with van der Waals surface area (Å²) in [6.45, 7) is 0.839. The lowest BCUT2D eigenvalue weighted by Crippen LogP contribution is -2.52. The van der Waals surface area contributed by atoms with Gasteiger partial charge in [-0.2, -0.15) is 4.31 Å². The van der Waals surface area contributed by atoms with E-state index in [1.165, 1.54) is 16.4 Å². The number of oxime groups is 1. The average molecular weight is 452 g/mol. The Kier molecular flexibility index (Phi) is 5.77. The Morgan fingerprint density at radius 1 is 1.07 bits per heavy atom. The van der Waals surface area contributed by atoms with Gasteiger partial charge in [0.15, 0.2) is 0 Å². The van der Waals surface area contributed by atoms with Crippen LogP contribution in [-0.4, -0.2) is 61.5 Å². The van der Waals surface area contributed by atoms with Crippen molar-refractivity contribution in [3.63, 3.8) is 0 Å². The SMILES string of the molecule is O=C(C1CC(c2c(F)cccc2Cl)=NO1)N1CCN(S(=O)(=O)c2ccccc2)CC1. The van der Waals surface area contributed by atoms with Gasteiger partial charge < -0.3 is 9.74 Å². The number of rotatable bonds is 4. The molecule has 0 N–H and O–H groups in total. The monoisotopic (exact) mass is 451 g/mol. The second kappa shape index (κ2) is 8.33. The van der Waals surface area contributed by atoms with Gasteiger partial charge >= 0.3 is 0 Å². The third kappa shape index (κ3) is 3.92. The molecule has 30 heavy (non-hydrogen) atoms. The molecule has 7 nitrogen and oxygen atoms in total. The molecule has 1 atom stereocenters. The maximum Gasteiger partial charge on any atom is 0.266 e. The quantitative estimate of drug-likeness (QED) is 0.715. The van der Waals surface area contributed by atoms with Crippen molar-refractivity contribution in [2.24, 2.45) is 5.16 Å². The minimum absolute atomic E-state index is 0.0992. The van der Waals surface area contributed by atoms with E-state index in [2.05, 4.69) is 5.16 Å². The lowest BCUT2D eigenvalue weighted by Gasteiger charge is -2.34. The summed E-state index contributed by atoms with van der Waals surface area (Å²) in [7, 11) is -3.60. The van der Waals surface area contributed by atoms with Crippen LogP contribution in [0, 0.1) is 5.82 Å². The zero-order valence-corrected chi connectivity index (χ0v) is 17.4. The maximum absolute atomic E-state index is 14.1. The number of halogens is 2. The molecule has 2 aromatic rings. The molecule has 0 spiro atoms. The number of carbonyl (C=O) groups is 1. The first-order valence-electron chi connectivity index (χ1n) is 9.39. The zero-order chi connectivity index (χ0) is 21.3. The van der Waals surface area contributed by atoms with Crippen LogP contribution in [0.5, 0.6) is 0 Å². The van der Waals surface area contributed by atoms with E-state index in [1.54, 1.807) is 41.3 Å². The molecule has 2 aliphatic heterocycles. The number of amides is 1. The van der Waals surface area contributed by atoms with Crippen molar-refractivity contribution in [3.05, 3.63) is 64.9 Å². The van der Waals surface area contributed by atoms with Crippen LogP contribution < -0.4 is 0 Å². The predicted molar refractivity (Wildman–Crippen MR) is 109 cm³/mol. The van der Waals surface area contributed by atoms with E-state index in [9.17, 15) is 17.6 Å². The first-order valence-corrected chi connectivity index (χ1v) is 11.2. The van der Waals surface area contributed by atoms with E-state index in [1.807, 2.05) is 0 Å². The van der Waals surface area contributed by atoms with E-state index < -0.39 is 21.9 Å². The Morgan fingerprint density at radius 3 is 2.43 bits per heavy atom. The number of sulfonamides is 1. The Labute approximate surface area is 178 Å². The molecule has 1 amide bonds. The summed E-state index contributed by atoms with van der Waals surface area (Å²) >= 11 is 6.06. The largest absolute Gasteiger partial charge is 0.382 e. The van der Waals surface area contributed by atoms with E-state index in [0.29, 0.717) is 0 Å². The maximum atomic E-state index is 14.1. The number of piperazine rings is 1. The first kappa shape index (κ1) is 20.8. The van der Waals surface area contributed by atoms with Crippen molar-refractivity contribution in [2.75, 3.05) is 26.2 Å². The van der Waals surface area contributed by atoms with Gasteiger partial charge in [-0.15, -0.1) is 0 Å². The summed E-state index contributed by atoms with van der Waals surface area (Å²) < 4.78 is 40.9. The Morgan fingerprint density at radius 2 is 1.77 bits per heavy atom. The van der Waals surface area contributed by atoms with E-state index >= 15 is 0 Å². The summed E-state index contributed by atoms with van der Waals surface area (Å²) in [5.41, 5.74) is 0.412. The number of hydrogen-bond acceptors (Lipinski definition) is 5. The van der Waals surface area contributed by atoms with E-state index in [0.717, 1.165) is 0 Å². The Hall–Kier alpha value is -2.49. The van der Waals surface area contributed by atoms with Gasteiger partial charge in [0.2, 0.25) is 16.1 Å². The molecule has 0 aromatic heterocycles. The molecule has 0 bridgehead atoms. The molecule has 0 aliphatic carbocycles. The van der Waals surface area contributed by atoms with E-state index in [-0.39, 0.29) is 59.7 Å².